The topological polar surface area (TPSA) is 37.0 Å². The Morgan fingerprint density at radius 3 is 2.64 bits per heavy atom. The first kappa shape index (κ1) is 16.4. The Morgan fingerprint density at radius 2 is 1.86 bits per heavy atom. The third-order valence-electron chi connectivity index (χ3n) is 3.75. The highest BCUT2D eigenvalue weighted by molar-refractivity contribution is 5.85. The van der Waals surface area contributed by atoms with Crippen molar-refractivity contribution >= 4 is 23.3 Å². The van der Waals surface area contributed by atoms with Crippen LogP contribution in [0.25, 0.3) is 10.9 Å². The molecule has 3 rings (SSSR count). The van der Waals surface area contributed by atoms with Gasteiger partial charge < -0.3 is 15.0 Å². The first-order chi connectivity index (χ1) is 10.4. The minimum absolute atomic E-state index is 0. The summed E-state index contributed by atoms with van der Waals surface area (Å²) in [5.74, 6) is 0.908. The Labute approximate surface area is 137 Å². The molecule has 0 saturated carbocycles. The van der Waals surface area contributed by atoms with E-state index in [1.807, 2.05) is 18.3 Å². The number of fused-ring (bicyclic) bond motifs is 1. The lowest BCUT2D eigenvalue weighted by molar-refractivity contribution is 0.414. The number of hydrogen-bond acceptors (Lipinski definition) is 2. The molecule has 2 N–H and O–H groups in total. The maximum atomic E-state index is 5.17. The molecule has 0 aliphatic heterocycles. The number of aromatic amines is 1. The predicted molar refractivity (Wildman–Crippen MR) is 94.0 cm³/mol. The molecular weight excluding hydrogens is 296 g/mol. The molecular formula is C18H21ClN2O. The van der Waals surface area contributed by atoms with Gasteiger partial charge >= 0.3 is 0 Å². The van der Waals surface area contributed by atoms with E-state index in [0.717, 1.165) is 25.3 Å². The number of nitrogens with one attached hydrogen (secondary N) is 2. The molecule has 0 fully saturated rings. The van der Waals surface area contributed by atoms with E-state index in [9.17, 15) is 0 Å². The van der Waals surface area contributed by atoms with Crippen molar-refractivity contribution in [2.24, 2.45) is 0 Å². The van der Waals surface area contributed by atoms with Gasteiger partial charge in [0.05, 0.1) is 7.11 Å². The van der Waals surface area contributed by atoms with Crippen molar-refractivity contribution in [3.8, 4) is 5.75 Å². The van der Waals surface area contributed by atoms with Crippen molar-refractivity contribution in [3.05, 3.63) is 65.9 Å². The molecule has 1 aromatic heterocycles. The fourth-order valence-electron chi connectivity index (χ4n) is 2.55. The van der Waals surface area contributed by atoms with Gasteiger partial charge in [-0.2, -0.15) is 0 Å². The van der Waals surface area contributed by atoms with Crippen LogP contribution >= 0.6 is 12.4 Å². The van der Waals surface area contributed by atoms with Crippen LogP contribution in [0.5, 0.6) is 5.75 Å². The number of H-pyrrole nitrogens is 1. The molecule has 0 atom stereocenters. The van der Waals surface area contributed by atoms with E-state index in [1.165, 1.54) is 22.0 Å². The highest BCUT2D eigenvalue weighted by Gasteiger charge is 2.01. The van der Waals surface area contributed by atoms with Crippen LogP contribution in [0.15, 0.2) is 54.7 Å². The molecule has 0 unspecified atom stereocenters. The minimum Gasteiger partial charge on any atom is -0.497 e. The summed E-state index contributed by atoms with van der Waals surface area (Å²) in [6.07, 6.45) is 3.01. The Kier molecular flexibility index (Phi) is 5.87. The van der Waals surface area contributed by atoms with Crippen LogP contribution < -0.4 is 10.1 Å². The summed E-state index contributed by atoms with van der Waals surface area (Å²) in [6, 6.07) is 16.8. The summed E-state index contributed by atoms with van der Waals surface area (Å²) in [4.78, 5) is 3.25. The summed E-state index contributed by atoms with van der Waals surface area (Å²) >= 11 is 0. The average molecular weight is 317 g/mol. The standard InChI is InChI=1S/C18H20N2O.ClH/c1-21-16-7-5-14(6-8-16)9-11-19-13-15-3-2-4-18-17(15)10-12-20-18;/h2-8,10,12,19-20H,9,11,13H2,1H3;1H. The van der Waals surface area contributed by atoms with E-state index in [2.05, 4.69) is 46.7 Å². The van der Waals surface area contributed by atoms with Crippen LogP contribution in [0.3, 0.4) is 0 Å². The number of ether oxygens (including phenoxy) is 1. The maximum Gasteiger partial charge on any atom is 0.118 e. The van der Waals surface area contributed by atoms with Crippen molar-refractivity contribution in [3.63, 3.8) is 0 Å². The lowest BCUT2D eigenvalue weighted by atomic mass is 10.1. The van der Waals surface area contributed by atoms with E-state index in [-0.39, 0.29) is 12.4 Å². The SMILES string of the molecule is COc1ccc(CCNCc2cccc3[nH]ccc23)cc1.Cl. The van der Waals surface area contributed by atoms with Crippen molar-refractivity contribution in [2.45, 2.75) is 13.0 Å². The first-order valence-corrected chi connectivity index (χ1v) is 7.25. The largest absolute Gasteiger partial charge is 0.497 e. The Bertz CT molecular complexity index is 706. The molecule has 0 spiro atoms. The van der Waals surface area contributed by atoms with Gasteiger partial charge in [0.1, 0.15) is 5.75 Å². The first-order valence-electron chi connectivity index (χ1n) is 7.25. The highest BCUT2D eigenvalue weighted by atomic mass is 35.5. The second-order valence-corrected chi connectivity index (χ2v) is 5.13. The summed E-state index contributed by atoms with van der Waals surface area (Å²) in [5, 5.41) is 4.82. The van der Waals surface area contributed by atoms with Gasteiger partial charge in [-0.15, -0.1) is 12.4 Å². The Hall–Kier alpha value is -1.97. The summed E-state index contributed by atoms with van der Waals surface area (Å²) in [7, 11) is 1.69. The van der Waals surface area contributed by atoms with Gasteiger partial charge in [-0.1, -0.05) is 24.3 Å². The lowest BCUT2D eigenvalue weighted by Crippen LogP contribution is -2.16. The summed E-state index contributed by atoms with van der Waals surface area (Å²) in [6.45, 7) is 1.86. The van der Waals surface area contributed by atoms with Crippen molar-refractivity contribution in [1.82, 2.24) is 10.3 Å². The Balaban J connectivity index is 0.00000176. The van der Waals surface area contributed by atoms with E-state index in [0.29, 0.717) is 0 Å². The molecule has 2 aromatic carbocycles. The van der Waals surface area contributed by atoms with Gasteiger partial charge in [-0.05, 0) is 48.4 Å². The highest BCUT2D eigenvalue weighted by Crippen LogP contribution is 2.17. The normalized spacial score (nSPS) is 10.4. The number of aromatic nitrogens is 1. The predicted octanol–water partition coefficient (Wildman–Crippen LogP) is 3.93. The second kappa shape index (κ2) is 7.87. The minimum atomic E-state index is 0. The van der Waals surface area contributed by atoms with Gasteiger partial charge in [-0.25, -0.2) is 0 Å². The quantitative estimate of drug-likeness (QED) is 0.676. The molecule has 116 valence electrons. The number of benzene rings is 2. The van der Waals surface area contributed by atoms with Crippen molar-refractivity contribution in [2.75, 3.05) is 13.7 Å². The fraction of sp³-hybridized carbons (Fsp3) is 0.222. The molecule has 1 heterocycles. The van der Waals surface area contributed by atoms with E-state index in [4.69, 9.17) is 4.74 Å². The zero-order valence-corrected chi connectivity index (χ0v) is 13.5. The molecule has 0 aliphatic carbocycles. The van der Waals surface area contributed by atoms with Gasteiger partial charge in [0.15, 0.2) is 0 Å². The number of methoxy groups -OCH3 is 1. The molecule has 22 heavy (non-hydrogen) atoms. The zero-order valence-electron chi connectivity index (χ0n) is 12.6. The molecule has 0 radical (unpaired) electrons. The van der Waals surface area contributed by atoms with E-state index in [1.54, 1.807) is 7.11 Å². The van der Waals surface area contributed by atoms with Crippen LogP contribution in [0.1, 0.15) is 11.1 Å². The number of rotatable bonds is 6. The third-order valence-corrected chi connectivity index (χ3v) is 3.75. The van der Waals surface area contributed by atoms with Gasteiger partial charge in [-0.3, -0.25) is 0 Å². The molecule has 3 aromatic rings. The van der Waals surface area contributed by atoms with Gasteiger partial charge in [0.25, 0.3) is 0 Å². The van der Waals surface area contributed by atoms with Crippen molar-refractivity contribution in [1.29, 1.82) is 0 Å². The Morgan fingerprint density at radius 1 is 1.05 bits per heavy atom. The van der Waals surface area contributed by atoms with Crippen LogP contribution in [0, 0.1) is 0 Å². The smallest absolute Gasteiger partial charge is 0.118 e. The van der Waals surface area contributed by atoms with Crippen molar-refractivity contribution < 1.29 is 4.74 Å². The molecule has 3 nitrogen and oxygen atoms in total. The van der Waals surface area contributed by atoms with Gasteiger partial charge in [0.2, 0.25) is 0 Å². The summed E-state index contributed by atoms with van der Waals surface area (Å²) < 4.78 is 5.17. The fourth-order valence-corrected chi connectivity index (χ4v) is 2.55. The molecule has 0 amide bonds. The van der Waals surface area contributed by atoms with Crippen LogP contribution in [0.4, 0.5) is 0 Å². The zero-order chi connectivity index (χ0) is 14.5. The number of hydrogen-bond donors (Lipinski definition) is 2. The third kappa shape index (κ3) is 3.81. The van der Waals surface area contributed by atoms with E-state index < -0.39 is 0 Å². The van der Waals surface area contributed by atoms with Crippen LogP contribution in [-0.2, 0) is 13.0 Å². The van der Waals surface area contributed by atoms with Crippen LogP contribution in [0.2, 0.25) is 0 Å². The lowest BCUT2D eigenvalue weighted by Gasteiger charge is -2.07. The monoisotopic (exact) mass is 316 g/mol. The van der Waals surface area contributed by atoms with Gasteiger partial charge in [0, 0.05) is 23.6 Å². The molecule has 4 heteroatoms. The van der Waals surface area contributed by atoms with Crippen LogP contribution in [-0.4, -0.2) is 18.6 Å². The molecule has 0 aliphatic rings. The average Bonchev–Trinajstić information content (AvgIpc) is 3.01. The number of halogens is 1. The maximum absolute atomic E-state index is 5.17. The summed E-state index contributed by atoms with van der Waals surface area (Å²) in [5.41, 5.74) is 3.86. The molecule has 0 saturated heterocycles. The molecule has 0 bridgehead atoms. The van der Waals surface area contributed by atoms with E-state index >= 15 is 0 Å². The second-order valence-electron chi connectivity index (χ2n) is 5.13.